The molecule has 0 spiro atoms. The van der Waals surface area contributed by atoms with E-state index < -0.39 is 0 Å². The molecule has 0 bridgehead atoms. The molecule has 2 rings (SSSR count). The molecule has 90 valence electrons. The van der Waals surface area contributed by atoms with Gasteiger partial charge in [-0.25, -0.2) is 4.98 Å². The van der Waals surface area contributed by atoms with Crippen LogP contribution in [0.4, 0.5) is 0 Å². The van der Waals surface area contributed by atoms with Crippen LogP contribution in [0.15, 0.2) is 5.51 Å². The summed E-state index contributed by atoms with van der Waals surface area (Å²) in [6, 6.07) is 0. The number of ether oxygens (including phenoxy) is 1. The Morgan fingerprint density at radius 3 is 3.19 bits per heavy atom. The number of rotatable bonds is 4. The van der Waals surface area contributed by atoms with E-state index in [-0.39, 0.29) is 0 Å². The van der Waals surface area contributed by atoms with Gasteiger partial charge in [0.05, 0.1) is 23.9 Å². The zero-order valence-corrected chi connectivity index (χ0v) is 10.7. The molecule has 0 aliphatic carbocycles. The van der Waals surface area contributed by atoms with Crippen molar-refractivity contribution < 1.29 is 4.74 Å². The quantitative estimate of drug-likeness (QED) is 0.849. The Morgan fingerprint density at radius 2 is 2.56 bits per heavy atom. The van der Waals surface area contributed by atoms with E-state index >= 15 is 0 Å². The molecule has 0 radical (unpaired) electrons. The second kappa shape index (κ2) is 5.72. The van der Waals surface area contributed by atoms with Crippen molar-refractivity contribution in [2.75, 3.05) is 33.3 Å². The average molecular weight is 241 g/mol. The summed E-state index contributed by atoms with van der Waals surface area (Å²) in [6.45, 7) is 6.79. The van der Waals surface area contributed by atoms with Crippen LogP contribution in [-0.2, 0) is 11.3 Å². The second-order valence-electron chi connectivity index (χ2n) is 4.25. The van der Waals surface area contributed by atoms with Crippen LogP contribution in [0.3, 0.4) is 0 Å². The van der Waals surface area contributed by atoms with Gasteiger partial charge >= 0.3 is 0 Å². The van der Waals surface area contributed by atoms with Gasteiger partial charge in [0, 0.05) is 31.1 Å². The number of hydrogen-bond acceptors (Lipinski definition) is 5. The molecule has 1 aromatic heterocycles. The first kappa shape index (κ1) is 12.0. The van der Waals surface area contributed by atoms with Crippen molar-refractivity contribution in [3.05, 3.63) is 16.1 Å². The van der Waals surface area contributed by atoms with Crippen LogP contribution in [0, 0.1) is 6.92 Å². The third-order valence-electron chi connectivity index (χ3n) is 2.78. The second-order valence-corrected chi connectivity index (χ2v) is 5.19. The minimum absolute atomic E-state index is 0.326. The fourth-order valence-corrected chi connectivity index (χ4v) is 2.73. The topological polar surface area (TPSA) is 37.4 Å². The zero-order valence-electron chi connectivity index (χ0n) is 9.90. The van der Waals surface area contributed by atoms with Crippen molar-refractivity contribution in [3.63, 3.8) is 0 Å². The maximum absolute atomic E-state index is 5.68. The Hall–Kier alpha value is -0.490. The van der Waals surface area contributed by atoms with Crippen molar-refractivity contribution in [1.82, 2.24) is 15.2 Å². The molecule has 1 aliphatic heterocycles. The summed E-state index contributed by atoms with van der Waals surface area (Å²) in [5.74, 6) is 0. The van der Waals surface area contributed by atoms with Gasteiger partial charge in [-0.15, -0.1) is 11.3 Å². The Labute approximate surface area is 101 Å². The Balaban J connectivity index is 1.79. The van der Waals surface area contributed by atoms with Crippen LogP contribution in [0.5, 0.6) is 0 Å². The highest BCUT2D eigenvalue weighted by Crippen LogP contribution is 2.14. The van der Waals surface area contributed by atoms with Crippen LogP contribution in [0.2, 0.25) is 0 Å². The SMILES string of the molecule is Cc1ncsc1CN(C)CC1CNCCO1. The van der Waals surface area contributed by atoms with Crippen LogP contribution >= 0.6 is 11.3 Å². The Kier molecular flexibility index (Phi) is 4.29. The minimum atomic E-state index is 0.326. The molecule has 4 nitrogen and oxygen atoms in total. The van der Waals surface area contributed by atoms with Crippen LogP contribution in [0.1, 0.15) is 10.6 Å². The lowest BCUT2D eigenvalue weighted by molar-refractivity contribution is 0.00895. The number of aryl methyl sites for hydroxylation is 1. The third-order valence-corrected chi connectivity index (χ3v) is 3.70. The largest absolute Gasteiger partial charge is 0.374 e. The molecule has 0 aromatic carbocycles. The summed E-state index contributed by atoms with van der Waals surface area (Å²) in [6.07, 6.45) is 0.326. The molecule has 1 aliphatic rings. The molecule has 1 unspecified atom stereocenters. The maximum atomic E-state index is 5.68. The van der Waals surface area contributed by atoms with Gasteiger partial charge in [0.1, 0.15) is 0 Å². The first-order valence-electron chi connectivity index (χ1n) is 5.65. The highest BCUT2D eigenvalue weighted by molar-refractivity contribution is 7.09. The summed E-state index contributed by atoms with van der Waals surface area (Å²) in [4.78, 5) is 7.92. The lowest BCUT2D eigenvalue weighted by Crippen LogP contribution is -2.44. The van der Waals surface area contributed by atoms with E-state index in [1.807, 2.05) is 5.51 Å². The van der Waals surface area contributed by atoms with Crippen LogP contribution in [0.25, 0.3) is 0 Å². The molecule has 0 saturated carbocycles. The van der Waals surface area contributed by atoms with Crippen molar-refractivity contribution in [1.29, 1.82) is 0 Å². The summed E-state index contributed by atoms with van der Waals surface area (Å²) in [5, 5.41) is 3.35. The van der Waals surface area contributed by atoms with Gasteiger partial charge in [-0.1, -0.05) is 0 Å². The van der Waals surface area contributed by atoms with E-state index in [1.165, 1.54) is 4.88 Å². The molecular weight excluding hydrogens is 222 g/mol. The lowest BCUT2D eigenvalue weighted by Gasteiger charge is -2.27. The molecule has 1 fully saturated rings. The zero-order chi connectivity index (χ0) is 11.4. The molecule has 16 heavy (non-hydrogen) atoms. The van der Waals surface area contributed by atoms with E-state index in [9.17, 15) is 0 Å². The van der Waals surface area contributed by atoms with Crippen molar-refractivity contribution in [3.8, 4) is 0 Å². The summed E-state index contributed by atoms with van der Waals surface area (Å²) >= 11 is 1.73. The first-order valence-corrected chi connectivity index (χ1v) is 6.53. The van der Waals surface area contributed by atoms with Gasteiger partial charge in [-0.05, 0) is 14.0 Å². The minimum Gasteiger partial charge on any atom is -0.374 e. The highest BCUT2D eigenvalue weighted by Gasteiger charge is 2.16. The Bertz CT molecular complexity index is 323. The van der Waals surface area contributed by atoms with Gasteiger partial charge in [0.2, 0.25) is 0 Å². The molecule has 1 saturated heterocycles. The van der Waals surface area contributed by atoms with Gasteiger partial charge in [0.15, 0.2) is 0 Å². The van der Waals surface area contributed by atoms with E-state index in [0.717, 1.165) is 38.5 Å². The smallest absolute Gasteiger partial charge is 0.0826 e. The van der Waals surface area contributed by atoms with Gasteiger partial charge in [-0.3, -0.25) is 4.90 Å². The average Bonchev–Trinajstić information content (AvgIpc) is 2.66. The van der Waals surface area contributed by atoms with E-state index in [1.54, 1.807) is 11.3 Å². The van der Waals surface area contributed by atoms with Crippen molar-refractivity contribution >= 4 is 11.3 Å². The predicted molar refractivity (Wildman–Crippen MR) is 65.8 cm³/mol. The maximum Gasteiger partial charge on any atom is 0.0826 e. The third kappa shape index (κ3) is 3.25. The number of thiazole rings is 1. The fourth-order valence-electron chi connectivity index (χ4n) is 1.87. The normalized spacial score (nSPS) is 21.6. The number of morpholine rings is 1. The number of aromatic nitrogens is 1. The van der Waals surface area contributed by atoms with Gasteiger partial charge in [-0.2, -0.15) is 0 Å². The fraction of sp³-hybridized carbons (Fsp3) is 0.727. The predicted octanol–water partition coefficient (Wildman–Crippen LogP) is 0.872. The summed E-state index contributed by atoms with van der Waals surface area (Å²) < 4.78 is 5.68. The molecule has 0 amide bonds. The van der Waals surface area contributed by atoms with Crippen LogP contribution < -0.4 is 5.32 Å². The molecule has 2 heterocycles. The van der Waals surface area contributed by atoms with Crippen molar-refractivity contribution in [2.45, 2.75) is 19.6 Å². The van der Waals surface area contributed by atoms with Gasteiger partial charge in [0.25, 0.3) is 0 Å². The van der Waals surface area contributed by atoms with Crippen LogP contribution in [-0.4, -0.2) is 49.3 Å². The number of hydrogen-bond donors (Lipinski definition) is 1. The van der Waals surface area contributed by atoms with E-state index in [4.69, 9.17) is 4.74 Å². The monoisotopic (exact) mass is 241 g/mol. The number of likely N-dealkylation sites (N-methyl/N-ethyl adjacent to an activating group) is 1. The lowest BCUT2D eigenvalue weighted by atomic mass is 10.3. The molecule has 1 atom stereocenters. The number of nitrogens with one attached hydrogen (secondary N) is 1. The first-order chi connectivity index (χ1) is 7.75. The molecule has 1 aromatic rings. The summed E-state index contributed by atoms with van der Waals surface area (Å²) in [7, 11) is 2.14. The summed E-state index contributed by atoms with van der Waals surface area (Å²) in [5.41, 5.74) is 3.07. The van der Waals surface area contributed by atoms with Crippen molar-refractivity contribution in [2.24, 2.45) is 0 Å². The number of nitrogens with zero attached hydrogens (tertiary/aromatic N) is 2. The molecule has 5 heteroatoms. The Morgan fingerprint density at radius 1 is 1.69 bits per heavy atom. The van der Waals surface area contributed by atoms with Gasteiger partial charge < -0.3 is 10.1 Å². The standard InChI is InChI=1S/C11H19N3OS/c1-9-11(16-8-13-9)7-14(2)6-10-5-12-3-4-15-10/h8,10,12H,3-7H2,1-2H3. The molecular formula is C11H19N3OS. The highest BCUT2D eigenvalue weighted by atomic mass is 32.1. The van der Waals surface area contributed by atoms with E-state index in [2.05, 4.69) is 29.2 Å². The van der Waals surface area contributed by atoms with E-state index in [0.29, 0.717) is 6.10 Å². The molecule has 1 N–H and O–H groups in total.